The lowest BCUT2D eigenvalue weighted by molar-refractivity contribution is 0.101. The second-order valence-electron chi connectivity index (χ2n) is 5.59. The zero-order chi connectivity index (χ0) is 18.7. The minimum Gasteiger partial charge on any atom is -0.355 e. The molecule has 3 rings (SSSR count). The molecule has 3 aromatic rings. The van der Waals surface area contributed by atoms with Gasteiger partial charge in [-0.2, -0.15) is 0 Å². The minimum absolute atomic E-state index is 0.0738. The van der Waals surface area contributed by atoms with Crippen LogP contribution in [0.2, 0.25) is 0 Å². The van der Waals surface area contributed by atoms with E-state index in [9.17, 15) is 13.2 Å². The molecule has 1 amide bonds. The number of sulfonamides is 1. The first-order valence-electron chi connectivity index (χ1n) is 7.59. The maximum atomic E-state index is 12.3. The van der Waals surface area contributed by atoms with E-state index < -0.39 is 15.9 Å². The number of aromatic nitrogens is 2. The van der Waals surface area contributed by atoms with Crippen molar-refractivity contribution in [1.82, 2.24) is 14.4 Å². The van der Waals surface area contributed by atoms with Crippen LogP contribution in [0, 0.1) is 0 Å². The zero-order valence-corrected chi connectivity index (χ0v) is 14.9. The normalized spacial score (nSPS) is 11.5. The molecule has 0 saturated carbocycles. The highest BCUT2D eigenvalue weighted by molar-refractivity contribution is 7.89. The number of rotatable bonds is 5. The molecule has 0 aliphatic carbocycles. The number of amides is 1. The van der Waals surface area contributed by atoms with Crippen molar-refractivity contribution in [2.75, 3.05) is 19.4 Å². The number of carbonyl (C=O) groups excluding carboxylic acids is 1. The SMILES string of the molecule is CN(C)S(=O)(=O)c1cccc(NC(=O)c2cc(-c3cccnc3)on2)c1. The molecule has 0 bridgehead atoms. The predicted octanol–water partition coefficient (Wildman–Crippen LogP) is 2.24. The van der Waals surface area contributed by atoms with Crippen LogP contribution < -0.4 is 5.32 Å². The number of hydrogen-bond donors (Lipinski definition) is 1. The summed E-state index contributed by atoms with van der Waals surface area (Å²) < 4.78 is 30.6. The van der Waals surface area contributed by atoms with Gasteiger partial charge in [0.15, 0.2) is 11.5 Å². The lowest BCUT2D eigenvalue weighted by atomic mass is 10.2. The van der Waals surface area contributed by atoms with Gasteiger partial charge in [0, 0.05) is 43.8 Å². The average Bonchev–Trinajstić information content (AvgIpc) is 3.13. The Morgan fingerprint density at radius 1 is 1.15 bits per heavy atom. The highest BCUT2D eigenvalue weighted by Crippen LogP contribution is 2.21. The van der Waals surface area contributed by atoms with Crippen LogP contribution in [0.15, 0.2) is 64.3 Å². The fourth-order valence-corrected chi connectivity index (χ4v) is 3.12. The van der Waals surface area contributed by atoms with Gasteiger partial charge < -0.3 is 9.84 Å². The molecule has 8 nitrogen and oxygen atoms in total. The zero-order valence-electron chi connectivity index (χ0n) is 14.1. The number of carbonyl (C=O) groups is 1. The fraction of sp³-hybridized carbons (Fsp3) is 0.118. The molecule has 0 aliphatic rings. The van der Waals surface area contributed by atoms with Gasteiger partial charge in [0.1, 0.15) is 0 Å². The Labute approximate surface area is 150 Å². The van der Waals surface area contributed by atoms with Gasteiger partial charge in [0.05, 0.1) is 4.90 Å². The summed E-state index contributed by atoms with van der Waals surface area (Å²) in [5.74, 6) is -0.101. The summed E-state index contributed by atoms with van der Waals surface area (Å²) in [5.41, 5.74) is 1.10. The molecule has 1 N–H and O–H groups in total. The van der Waals surface area contributed by atoms with Crippen LogP contribution in [0.25, 0.3) is 11.3 Å². The lowest BCUT2D eigenvalue weighted by Crippen LogP contribution is -2.22. The monoisotopic (exact) mass is 372 g/mol. The van der Waals surface area contributed by atoms with Crippen LogP contribution >= 0.6 is 0 Å². The first-order valence-corrected chi connectivity index (χ1v) is 9.03. The lowest BCUT2D eigenvalue weighted by Gasteiger charge is -2.12. The molecule has 0 unspecified atom stereocenters. The van der Waals surface area contributed by atoms with Gasteiger partial charge in [-0.05, 0) is 30.3 Å². The molecule has 1 aromatic carbocycles. The van der Waals surface area contributed by atoms with Gasteiger partial charge in [-0.25, -0.2) is 12.7 Å². The largest absolute Gasteiger partial charge is 0.355 e. The number of nitrogens with zero attached hydrogens (tertiary/aromatic N) is 3. The van der Waals surface area contributed by atoms with Crippen molar-refractivity contribution in [3.63, 3.8) is 0 Å². The number of nitrogens with one attached hydrogen (secondary N) is 1. The molecule has 0 atom stereocenters. The van der Waals surface area contributed by atoms with Crippen LogP contribution in [0.5, 0.6) is 0 Å². The van der Waals surface area contributed by atoms with E-state index in [1.807, 2.05) is 0 Å². The third-order valence-corrected chi connectivity index (χ3v) is 5.37. The summed E-state index contributed by atoms with van der Waals surface area (Å²) in [6.07, 6.45) is 3.22. The molecular weight excluding hydrogens is 356 g/mol. The van der Waals surface area contributed by atoms with Crippen LogP contribution in [-0.2, 0) is 10.0 Å². The van der Waals surface area contributed by atoms with E-state index in [1.165, 1.54) is 32.3 Å². The van der Waals surface area contributed by atoms with Crippen molar-refractivity contribution in [2.24, 2.45) is 0 Å². The van der Waals surface area contributed by atoms with Gasteiger partial charge in [0.25, 0.3) is 5.91 Å². The molecule has 9 heteroatoms. The topological polar surface area (TPSA) is 105 Å². The molecule has 2 aromatic heterocycles. The second kappa shape index (κ2) is 7.06. The summed E-state index contributed by atoms with van der Waals surface area (Å²) in [4.78, 5) is 16.4. The van der Waals surface area contributed by atoms with E-state index in [-0.39, 0.29) is 10.6 Å². The van der Waals surface area contributed by atoms with E-state index in [2.05, 4.69) is 15.5 Å². The molecule has 2 heterocycles. The molecule has 26 heavy (non-hydrogen) atoms. The van der Waals surface area contributed by atoms with E-state index in [0.717, 1.165) is 4.31 Å². The quantitative estimate of drug-likeness (QED) is 0.736. The summed E-state index contributed by atoms with van der Waals surface area (Å²) in [6, 6.07) is 11.0. The van der Waals surface area contributed by atoms with Gasteiger partial charge in [-0.1, -0.05) is 11.2 Å². The minimum atomic E-state index is -3.59. The molecule has 134 valence electrons. The molecular formula is C17H16N4O4S. The standard InChI is InChI=1S/C17H16N4O4S/c1-21(2)26(23,24)14-7-3-6-13(9-14)19-17(22)15-10-16(25-20-15)12-5-4-8-18-11-12/h3-11H,1-2H3,(H,19,22). The maximum Gasteiger partial charge on any atom is 0.277 e. The van der Waals surface area contributed by atoms with E-state index in [0.29, 0.717) is 17.0 Å². The predicted molar refractivity (Wildman–Crippen MR) is 95.0 cm³/mol. The highest BCUT2D eigenvalue weighted by Gasteiger charge is 2.19. The van der Waals surface area contributed by atoms with E-state index in [1.54, 1.807) is 36.7 Å². The Hall–Kier alpha value is -3.04. The van der Waals surface area contributed by atoms with Gasteiger partial charge in [-0.3, -0.25) is 9.78 Å². The van der Waals surface area contributed by atoms with Crippen LogP contribution in [-0.4, -0.2) is 42.9 Å². The van der Waals surface area contributed by atoms with Gasteiger partial charge in [-0.15, -0.1) is 0 Å². The Kier molecular flexibility index (Phi) is 4.83. The Morgan fingerprint density at radius 3 is 2.65 bits per heavy atom. The molecule has 0 saturated heterocycles. The summed E-state index contributed by atoms with van der Waals surface area (Å²) in [6.45, 7) is 0. The third-order valence-electron chi connectivity index (χ3n) is 3.56. The van der Waals surface area contributed by atoms with Crippen LogP contribution in [0.3, 0.4) is 0 Å². The van der Waals surface area contributed by atoms with Crippen LogP contribution in [0.1, 0.15) is 10.5 Å². The number of benzene rings is 1. The first kappa shape index (κ1) is 17.8. The van der Waals surface area contributed by atoms with Crippen molar-refractivity contribution < 1.29 is 17.7 Å². The first-order chi connectivity index (χ1) is 12.4. The van der Waals surface area contributed by atoms with Crippen molar-refractivity contribution in [3.8, 4) is 11.3 Å². The highest BCUT2D eigenvalue weighted by atomic mass is 32.2. The summed E-state index contributed by atoms with van der Waals surface area (Å²) in [7, 11) is -0.710. The van der Waals surface area contributed by atoms with E-state index in [4.69, 9.17) is 4.52 Å². The van der Waals surface area contributed by atoms with Gasteiger partial charge in [0.2, 0.25) is 10.0 Å². The second-order valence-corrected chi connectivity index (χ2v) is 7.74. The fourth-order valence-electron chi connectivity index (χ4n) is 2.17. The van der Waals surface area contributed by atoms with E-state index >= 15 is 0 Å². The van der Waals surface area contributed by atoms with Crippen molar-refractivity contribution in [3.05, 3.63) is 60.6 Å². The number of anilines is 1. The summed E-state index contributed by atoms with van der Waals surface area (Å²) >= 11 is 0. The Bertz CT molecular complexity index is 1030. The van der Waals surface area contributed by atoms with Crippen molar-refractivity contribution in [1.29, 1.82) is 0 Å². The Morgan fingerprint density at radius 2 is 1.96 bits per heavy atom. The number of pyridine rings is 1. The molecule has 0 radical (unpaired) electrons. The molecule has 0 fully saturated rings. The Balaban J connectivity index is 1.80. The van der Waals surface area contributed by atoms with Gasteiger partial charge >= 0.3 is 0 Å². The van der Waals surface area contributed by atoms with Crippen LogP contribution in [0.4, 0.5) is 5.69 Å². The average molecular weight is 372 g/mol. The van der Waals surface area contributed by atoms with Crippen molar-refractivity contribution >= 4 is 21.6 Å². The molecule has 0 spiro atoms. The van der Waals surface area contributed by atoms with Crippen molar-refractivity contribution in [2.45, 2.75) is 4.90 Å². The number of hydrogen-bond acceptors (Lipinski definition) is 6. The maximum absolute atomic E-state index is 12.3. The molecule has 0 aliphatic heterocycles. The third kappa shape index (κ3) is 3.63. The smallest absolute Gasteiger partial charge is 0.277 e. The summed E-state index contributed by atoms with van der Waals surface area (Å²) in [5, 5.41) is 6.36.